The first-order valence-electron chi connectivity index (χ1n) is 8.30. The van der Waals surface area contributed by atoms with Crippen molar-refractivity contribution in [2.45, 2.75) is 4.90 Å². The maximum atomic E-state index is 12.3. The van der Waals surface area contributed by atoms with Crippen molar-refractivity contribution in [1.29, 1.82) is 0 Å². The minimum atomic E-state index is -4.71. The van der Waals surface area contributed by atoms with E-state index in [9.17, 15) is 17.8 Å². The number of hydrogen-bond donors (Lipinski definition) is 3. The highest BCUT2D eigenvalue weighted by Gasteiger charge is 2.19. The smallest absolute Gasteiger partial charge is 0.323 e. The number of urea groups is 1. The number of ether oxygens (including phenoxy) is 1. The van der Waals surface area contributed by atoms with Crippen molar-refractivity contribution in [3.63, 3.8) is 0 Å². The zero-order chi connectivity index (χ0) is 22.8. The van der Waals surface area contributed by atoms with Crippen molar-refractivity contribution in [3.05, 3.63) is 74.7 Å². The number of amides is 2. The van der Waals surface area contributed by atoms with E-state index in [0.717, 1.165) is 6.07 Å². The highest BCUT2D eigenvalue weighted by Crippen LogP contribution is 2.34. The lowest BCUT2D eigenvalue weighted by atomic mass is 10.3. The van der Waals surface area contributed by atoms with E-state index < -0.39 is 21.0 Å². The first-order chi connectivity index (χ1) is 14.5. The second kappa shape index (κ2) is 9.52. The van der Waals surface area contributed by atoms with Crippen molar-refractivity contribution in [1.82, 2.24) is 0 Å². The third-order valence-corrected chi connectivity index (χ3v) is 5.94. The molecule has 12 heteroatoms. The molecule has 0 aliphatic heterocycles. The summed E-state index contributed by atoms with van der Waals surface area (Å²) in [5.74, 6) is 0.262. The molecule has 0 aromatic heterocycles. The summed E-state index contributed by atoms with van der Waals surface area (Å²) >= 11 is 23.6. The maximum Gasteiger partial charge on any atom is 0.323 e. The van der Waals surface area contributed by atoms with E-state index in [1.807, 2.05) is 0 Å². The lowest BCUT2D eigenvalue weighted by molar-refractivity contribution is 0.262. The van der Waals surface area contributed by atoms with Gasteiger partial charge in [0.1, 0.15) is 16.4 Å². The molecule has 0 saturated heterocycles. The molecule has 0 bridgehead atoms. The van der Waals surface area contributed by atoms with Gasteiger partial charge in [0.05, 0.1) is 20.8 Å². The summed E-state index contributed by atoms with van der Waals surface area (Å²) in [5, 5.41) is 5.94. The van der Waals surface area contributed by atoms with Gasteiger partial charge in [-0.05, 0) is 48.5 Å². The fourth-order valence-electron chi connectivity index (χ4n) is 2.43. The van der Waals surface area contributed by atoms with Crippen LogP contribution < -0.4 is 15.4 Å². The van der Waals surface area contributed by atoms with Crippen LogP contribution in [0.2, 0.25) is 20.1 Å². The van der Waals surface area contributed by atoms with Crippen LogP contribution in [0.5, 0.6) is 11.5 Å². The number of carbonyl (C=O) groups is 1. The monoisotopic (exact) mass is 520 g/mol. The van der Waals surface area contributed by atoms with Crippen molar-refractivity contribution in [2.24, 2.45) is 0 Å². The highest BCUT2D eigenvalue weighted by molar-refractivity contribution is 7.86. The van der Waals surface area contributed by atoms with Crippen molar-refractivity contribution < 1.29 is 22.5 Å². The Kier molecular flexibility index (Phi) is 7.20. The van der Waals surface area contributed by atoms with Gasteiger partial charge in [0.2, 0.25) is 0 Å². The Labute approximate surface area is 197 Å². The first-order valence-corrected chi connectivity index (χ1v) is 11.3. The minimum Gasteiger partial charge on any atom is -0.456 e. The van der Waals surface area contributed by atoms with E-state index in [4.69, 9.17) is 51.1 Å². The van der Waals surface area contributed by atoms with Gasteiger partial charge in [-0.15, -0.1) is 0 Å². The van der Waals surface area contributed by atoms with E-state index in [1.54, 1.807) is 0 Å². The zero-order valence-corrected chi connectivity index (χ0v) is 19.0. The molecule has 31 heavy (non-hydrogen) atoms. The zero-order valence-electron chi connectivity index (χ0n) is 15.2. The average Bonchev–Trinajstić information content (AvgIpc) is 2.67. The molecule has 0 radical (unpaired) electrons. The molecular formula is C19H12Cl4N2O5S. The van der Waals surface area contributed by atoms with Gasteiger partial charge in [-0.1, -0.05) is 46.4 Å². The summed E-state index contributed by atoms with van der Waals surface area (Å²) in [6.07, 6.45) is 0. The number of nitrogens with one attached hydrogen (secondary N) is 2. The Morgan fingerprint density at radius 1 is 0.839 bits per heavy atom. The lowest BCUT2D eigenvalue weighted by Crippen LogP contribution is -2.21. The molecule has 7 nitrogen and oxygen atoms in total. The Balaban J connectivity index is 1.84. The fourth-order valence-corrected chi connectivity index (χ4v) is 3.83. The molecule has 3 aromatic rings. The van der Waals surface area contributed by atoms with Gasteiger partial charge in [-0.2, -0.15) is 8.42 Å². The number of carbonyl (C=O) groups excluding carboxylic acids is 1. The molecule has 0 aliphatic carbocycles. The van der Waals surface area contributed by atoms with Gasteiger partial charge >= 0.3 is 6.03 Å². The van der Waals surface area contributed by atoms with E-state index in [2.05, 4.69) is 10.6 Å². The largest absolute Gasteiger partial charge is 0.456 e. The fraction of sp³-hybridized carbons (Fsp3) is 0. The molecule has 2 amide bonds. The predicted molar refractivity (Wildman–Crippen MR) is 122 cm³/mol. The SMILES string of the molecule is O=C(Nc1ccc(Cl)c(Cl)c1)Nc1ccc(Oc2ccc(Cl)cc2Cl)cc1S(=O)(=O)O. The Hall–Kier alpha value is -2.20. The maximum absolute atomic E-state index is 12.3. The van der Waals surface area contributed by atoms with E-state index in [-0.39, 0.29) is 27.2 Å². The molecular weight excluding hydrogens is 510 g/mol. The Morgan fingerprint density at radius 3 is 2.23 bits per heavy atom. The van der Waals surface area contributed by atoms with E-state index >= 15 is 0 Å². The Morgan fingerprint density at radius 2 is 1.58 bits per heavy atom. The van der Waals surface area contributed by atoms with Crippen LogP contribution in [0.4, 0.5) is 16.2 Å². The summed E-state index contributed by atoms with van der Waals surface area (Å²) in [6, 6.07) is 11.8. The predicted octanol–water partition coefficient (Wildman–Crippen LogP) is 6.98. The summed E-state index contributed by atoms with van der Waals surface area (Å²) < 4.78 is 38.8. The first kappa shape index (κ1) is 23.5. The second-order valence-electron chi connectivity index (χ2n) is 6.02. The molecule has 0 unspecified atom stereocenters. The summed E-state index contributed by atoms with van der Waals surface area (Å²) in [4.78, 5) is 11.7. The summed E-state index contributed by atoms with van der Waals surface area (Å²) in [7, 11) is -4.71. The highest BCUT2D eigenvalue weighted by atomic mass is 35.5. The number of anilines is 2. The van der Waals surface area contributed by atoms with Gasteiger partial charge in [-0.3, -0.25) is 4.55 Å². The molecule has 3 N–H and O–H groups in total. The van der Waals surface area contributed by atoms with Crippen LogP contribution in [-0.4, -0.2) is 19.0 Å². The van der Waals surface area contributed by atoms with Crippen LogP contribution in [0.3, 0.4) is 0 Å². The average molecular weight is 522 g/mol. The number of rotatable bonds is 5. The number of benzene rings is 3. The molecule has 0 aliphatic rings. The molecule has 0 fully saturated rings. The molecule has 0 atom stereocenters. The van der Waals surface area contributed by atoms with Crippen LogP contribution >= 0.6 is 46.4 Å². The van der Waals surface area contributed by atoms with Crippen molar-refractivity contribution in [3.8, 4) is 11.5 Å². The summed E-state index contributed by atoms with van der Waals surface area (Å²) in [6.45, 7) is 0. The minimum absolute atomic E-state index is 0.0484. The van der Waals surface area contributed by atoms with Gasteiger partial charge in [0, 0.05) is 16.8 Å². The van der Waals surface area contributed by atoms with Crippen molar-refractivity contribution >= 4 is 73.9 Å². The van der Waals surface area contributed by atoms with E-state index in [0.29, 0.717) is 15.7 Å². The van der Waals surface area contributed by atoms with E-state index in [1.165, 1.54) is 48.5 Å². The van der Waals surface area contributed by atoms with Crippen LogP contribution in [0, 0.1) is 0 Å². The van der Waals surface area contributed by atoms with Crippen molar-refractivity contribution in [2.75, 3.05) is 10.6 Å². The topological polar surface area (TPSA) is 105 Å². The second-order valence-corrected chi connectivity index (χ2v) is 9.07. The van der Waals surface area contributed by atoms with Crippen LogP contribution in [0.1, 0.15) is 0 Å². The number of hydrogen-bond acceptors (Lipinski definition) is 4. The number of halogens is 4. The van der Waals surface area contributed by atoms with Gasteiger partial charge in [0.15, 0.2) is 0 Å². The standard InChI is InChI=1S/C19H12Cl4N2O5S/c20-10-1-6-17(15(23)7-10)30-12-3-5-16(18(9-12)31(27,28)29)25-19(26)24-11-2-4-13(21)14(22)8-11/h1-9H,(H2,24,25,26)(H,27,28,29). The molecule has 3 aromatic carbocycles. The van der Waals surface area contributed by atoms with Crippen LogP contribution in [0.25, 0.3) is 0 Å². The molecule has 0 spiro atoms. The van der Waals surface area contributed by atoms with Crippen LogP contribution in [0.15, 0.2) is 59.5 Å². The van der Waals surface area contributed by atoms with Gasteiger partial charge in [-0.25, -0.2) is 4.79 Å². The third-order valence-electron chi connectivity index (χ3n) is 3.78. The van der Waals surface area contributed by atoms with Gasteiger partial charge < -0.3 is 15.4 Å². The Bertz CT molecular complexity index is 1270. The molecule has 3 rings (SSSR count). The molecule has 0 saturated carbocycles. The molecule has 162 valence electrons. The quantitative estimate of drug-likeness (QED) is 0.314. The lowest BCUT2D eigenvalue weighted by Gasteiger charge is -2.13. The van der Waals surface area contributed by atoms with Gasteiger partial charge in [0.25, 0.3) is 10.1 Å². The normalized spacial score (nSPS) is 11.1. The summed E-state index contributed by atoms with van der Waals surface area (Å²) in [5.41, 5.74) is 0.132. The molecule has 0 heterocycles. The van der Waals surface area contributed by atoms with Crippen LogP contribution in [-0.2, 0) is 10.1 Å². The third kappa shape index (κ3) is 6.16.